The van der Waals surface area contributed by atoms with Gasteiger partial charge in [0.25, 0.3) is 0 Å². The molecule has 13 heavy (non-hydrogen) atoms. The van der Waals surface area contributed by atoms with Gasteiger partial charge in [0.15, 0.2) is 0 Å². The van der Waals surface area contributed by atoms with Crippen LogP contribution in [0.2, 0.25) is 0 Å². The van der Waals surface area contributed by atoms with Crippen LogP contribution in [-0.2, 0) is 4.74 Å². The van der Waals surface area contributed by atoms with Gasteiger partial charge >= 0.3 is 0 Å². The third-order valence-electron chi connectivity index (χ3n) is 3.84. The third kappa shape index (κ3) is 0.728. The number of hydrogen-bond acceptors (Lipinski definition) is 3. The molecule has 0 radical (unpaired) electrons. The predicted octanol–water partition coefficient (Wildman–Crippen LogP) is -1.43. The van der Waals surface area contributed by atoms with Gasteiger partial charge in [-0.15, -0.1) is 0 Å². The van der Waals surface area contributed by atoms with Crippen LogP contribution >= 0.6 is 0 Å². The lowest BCUT2D eigenvalue weighted by Crippen LogP contribution is -2.47. The maximum absolute atomic E-state index is 13.5. The van der Waals surface area contributed by atoms with E-state index in [9.17, 15) is 14.6 Å². The Kier molecular flexibility index (Phi) is 1.23. The molecule has 3 nitrogen and oxygen atoms in total. The summed E-state index contributed by atoms with van der Waals surface area (Å²) in [6.45, 7) is 0. The SMILES string of the molecule is B[C@@H]1O[C@@H]2[C@@]3(O)C[C@H]3C[C@]2(O)[C@H]1F. The number of rotatable bonds is 0. The van der Waals surface area contributed by atoms with Crippen molar-refractivity contribution >= 4 is 7.85 Å². The van der Waals surface area contributed by atoms with Crippen molar-refractivity contribution in [2.45, 2.75) is 42.3 Å². The number of hydrogen-bond donors (Lipinski definition) is 2. The molecule has 1 heterocycles. The molecule has 0 amide bonds. The lowest BCUT2D eigenvalue weighted by molar-refractivity contribution is -0.0946. The van der Waals surface area contributed by atoms with Crippen LogP contribution in [0.1, 0.15) is 12.8 Å². The fourth-order valence-corrected chi connectivity index (χ4v) is 3.02. The minimum atomic E-state index is -1.42. The van der Waals surface area contributed by atoms with Gasteiger partial charge in [0.1, 0.15) is 25.7 Å². The fourth-order valence-electron chi connectivity index (χ4n) is 3.02. The van der Waals surface area contributed by atoms with Gasteiger partial charge in [0.2, 0.25) is 0 Å². The zero-order valence-electron chi connectivity index (χ0n) is 7.40. The van der Waals surface area contributed by atoms with Crippen molar-refractivity contribution in [1.82, 2.24) is 0 Å². The Balaban J connectivity index is 1.99. The van der Waals surface area contributed by atoms with Crippen LogP contribution in [0.4, 0.5) is 4.39 Å². The monoisotopic (exact) mass is 186 g/mol. The van der Waals surface area contributed by atoms with Crippen molar-refractivity contribution < 1.29 is 19.3 Å². The second-order valence-electron chi connectivity index (χ2n) is 4.71. The van der Waals surface area contributed by atoms with Crippen molar-refractivity contribution in [2.24, 2.45) is 5.92 Å². The second kappa shape index (κ2) is 1.94. The lowest BCUT2D eigenvalue weighted by Gasteiger charge is -2.27. The van der Waals surface area contributed by atoms with Crippen LogP contribution in [0, 0.1) is 5.92 Å². The quantitative estimate of drug-likeness (QED) is 0.456. The van der Waals surface area contributed by atoms with Crippen molar-refractivity contribution in [3.63, 3.8) is 0 Å². The second-order valence-corrected chi connectivity index (χ2v) is 4.71. The first-order valence-corrected chi connectivity index (χ1v) is 4.73. The Morgan fingerprint density at radius 1 is 1.31 bits per heavy atom. The van der Waals surface area contributed by atoms with Crippen molar-refractivity contribution in [3.05, 3.63) is 0 Å². The summed E-state index contributed by atoms with van der Waals surface area (Å²) < 4.78 is 18.8. The highest BCUT2D eigenvalue weighted by molar-refractivity contribution is 6.11. The Hall–Kier alpha value is -0.125. The molecule has 6 atom stereocenters. The van der Waals surface area contributed by atoms with E-state index in [1.807, 2.05) is 0 Å². The van der Waals surface area contributed by atoms with Gasteiger partial charge in [-0.3, -0.25) is 0 Å². The number of fused-ring (bicyclic) bond motifs is 3. The molecule has 0 bridgehead atoms. The first-order chi connectivity index (χ1) is 5.98. The Morgan fingerprint density at radius 3 is 2.54 bits per heavy atom. The molecular weight excluding hydrogens is 174 g/mol. The molecule has 0 spiro atoms. The van der Waals surface area contributed by atoms with Crippen LogP contribution in [0.3, 0.4) is 0 Å². The van der Waals surface area contributed by atoms with E-state index in [2.05, 4.69) is 0 Å². The molecule has 3 aliphatic rings. The van der Waals surface area contributed by atoms with Crippen molar-refractivity contribution in [1.29, 1.82) is 0 Å². The van der Waals surface area contributed by atoms with Crippen molar-refractivity contribution in [2.75, 3.05) is 0 Å². The smallest absolute Gasteiger partial charge is 0.149 e. The molecule has 2 saturated carbocycles. The van der Waals surface area contributed by atoms with Crippen LogP contribution < -0.4 is 0 Å². The van der Waals surface area contributed by atoms with E-state index in [0.29, 0.717) is 12.8 Å². The lowest BCUT2D eigenvalue weighted by atomic mass is 9.84. The number of halogens is 1. The number of aliphatic hydroxyl groups is 2. The molecular formula is C8H12BFO3. The molecule has 0 aromatic heterocycles. The first kappa shape index (κ1) is 8.21. The molecule has 3 fully saturated rings. The van der Waals surface area contributed by atoms with Crippen LogP contribution in [0.5, 0.6) is 0 Å². The standard InChI is InChI=1S/C8H12BFO3/c9-5-4(10)8(12)2-3-1-7(3,11)6(8)13-5/h3-6,11-12H,1-2,9H2/t3-,4-,5+,6+,7+,8-/m0/s1. The van der Waals surface area contributed by atoms with Gasteiger partial charge in [-0.25, -0.2) is 4.39 Å². The van der Waals surface area contributed by atoms with Gasteiger partial charge in [0.05, 0.1) is 11.6 Å². The van der Waals surface area contributed by atoms with E-state index in [1.165, 1.54) is 0 Å². The van der Waals surface area contributed by atoms with Gasteiger partial charge in [-0.2, -0.15) is 0 Å². The maximum atomic E-state index is 13.5. The highest BCUT2D eigenvalue weighted by atomic mass is 19.1. The van der Waals surface area contributed by atoms with Crippen LogP contribution in [0.15, 0.2) is 0 Å². The predicted molar refractivity (Wildman–Crippen MR) is 44.7 cm³/mol. The van der Waals surface area contributed by atoms with Crippen molar-refractivity contribution in [3.8, 4) is 0 Å². The maximum Gasteiger partial charge on any atom is 0.149 e. The van der Waals surface area contributed by atoms with E-state index in [0.717, 1.165) is 0 Å². The van der Waals surface area contributed by atoms with Gasteiger partial charge in [0, 0.05) is 0 Å². The molecule has 1 saturated heterocycles. The number of alkyl halides is 1. The van der Waals surface area contributed by atoms with E-state index in [1.54, 1.807) is 7.85 Å². The molecule has 5 heteroatoms. The Bertz CT molecular complexity index is 276. The highest BCUT2D eigenvalue weighted by Gasteiger charge is 2.77. The minimum Gasteiger partial charge on any atom is -0.387 e. The largest absolute Gasteiger partial charge is 0.387 e. The van der Waals surface area contributed by atoms with E-state index >= 15 is 0 Å². The van der Waals surface area contributed by atoms with E-state index in [4.69, 9.17) is 4.74 Å². The zero-order chi connectivity index (χ0) is 9.43. The Labute approximate surface area is 76.3 Å². The zero-order valence-corrected chi connectivity index (χ0v) is 7.40. The topological polar surface area (TPSA) is 49.7 Å². The summed E-state index contributed by atoms with van der Waals surface area (Å²) in [5, 5.41) is 19.9. The van der Waals surface area contributed by atoms with Gasteiger partial charge in [-0.1, -0.05) is 0 Å². The molecule has 2 aliphatic carbocycles. The summed E-state index contributed by atoms with van der Waals surface area (Å²) in [5.74, 6) is 0.0493. The summed E-state index contributed by atoms with van der Waals surface area (Å²) in [4.78, 5) is 0. The summed E-state index contributed by atoms with van der Waals surface area (Å²) >= 11 is 0. The summed E-state index contributed by atoms with van der Waals surface area (Å²) in [7, 11) is 1.60. The third-order valence-corrected chi connectivity index (χ3v) is 3.84. The molecule has 72 valence electrons. The summed E-state index contributed by atoms with van der Waals surface area (Å²) in [5.41, 5.74) is -2.35. The van der Waals surface area contributed by atoms with E-state index < -0.39 is 29.5 Å². The minimum absolute atomic E-state index is 0.0493. The first-order valence-electron chi connectivity index (χ1n) is 4.73. The average molecular weight is 186 g/mol. The van der Waals surface area contributed by atoms with E-state index in [-0.39, 0.29) is 5.92 Å². The highest BCUT2D eigenvalue weighted by Crippen LogP contribution is 2.64. The molecule has 3 rings (SSSR count). The average Bonchev–Trinajstić information content (AvgIpc) is 2.56. The van der Waals surface area contributed by atoms with Crippen LogP contribution in [-0.4, -0.2) is 47.5 Å². The Morgan fingerprint density at radius 2 is 1.92 bits per heavy atom. The molecule has 1 aliphatic heterocycles. The normalized spacial score (nSPS) is 69.2. The summed E-state index contributed by atoms with van der Waals surface area (Å²) in [6, 6.07) is -0.597. The fraction of sp³-hybridized carbons (Fsp3) is 1.00. The van der Waals surface area contributed by atoms with Gasteiger partial charge in [-0.05, 0) is 18.8 Å². The molecule has 0 aromatic rings. The molecule has 0 aromatic carbocycles. The summed E-state index contributed by atoms with van der Waals surface area (Å²) in [6.07, 6.45) is -1.05. The molecule has 0 unspecified atom stereocenters. The number of ether oxygens (including phenoxy) is 1. The van der Waals surface area contributed by atoms with Crippen LogP contribution in [0.25, 0.3) is 0 Å². The van der Waals surface area contributed by atoms with Gasteiger partial charge < -0.3 is 14.9 Å². The molecule has 2 N–H and O–H groups in total.